The molecule has 2 heterocycles. The summed E-state index contributed by atoms with van der Waals surface area (Å²) >= 11 is 0. The van der Waals surface area contributed by atoms with Crippen LogP contribution >= 0.6 is 0 Å². The monoisotopic (exact) mass is 373 g/mol. The van der Waals surface area contributed by atoms with Crippen molar-refractivity contribution in [1.29, 1.82) is 0 Å². The number of hydrogen-bond acceptors (Lipinski definition) is 3. The number of rotatable bonds is 3. The molecular formula is C23H20FN3O. The third-order valence-corrected chi connectivity index (χ3v) is 5.44. The molecule has 0 radical (unpaired) electrons. The highest BCUT2D eigenvalue weighted by Crippen LogP contribution is 2.43. The van der Waals surface area contributed by atoms with Crippen molar-refractivity contribution in [2.75, 3.05) is 12.4 Å². The molecule has 1 N–H and O–H groups in total. The van der Waals surface area contributed by atoms with Crippen molar-refractivity contribution in [1.82, 2.24) is 9.55 Å². The Morgan fingerprint density at radius 2 is 1.75 bits per heavy atom. The largest absolute Gasteiger partial charge is 0.496 e. The van der Waals surface area contributed by atoms with Crippen LogP contribution in [0.25, 0.3) is 11.0 Å². The van der Waals surface area contributed by atoms with Crippen molar-refractivity contribution in [3.8, 4) is 5.75 Å². The van der Waals surface area contributed by atoms with E-state index in [1.807, 2.05) is 48.5 Å². The van der Waals surface area contributed by atoms with Crippen LogP contribution < -0.4 is 10.1 Å². The van der Waals surface area contributed by atoms with Crippen LogP contribution in [-0.4, -0.2) is 16.7 Å². The van der Waals surface area contributed by atoms with Crippen LogP contribution in [-0.2, 0) is 0 Å². The summed E-state index contributed by atoms with van der Waals surface area (Å²) in [5.74, 6) is 1.45. The molecule has 0 aliphatic carbocycles. The summed E-state index contributed by atoms with van der Waals surface area (Å²) in [6.07, 6.45) is 0.805. The number of nitrogens with zero attached hydrogens (tertiary/aromatic N) is 2. The zero-order valence-corrected chi connectivity index (χ0v) is 15.5. The van der Waals surface area contributed by atoms with Crippen LogP contribution in [0.4, 0.5) is 10.3 Å². The molecule has 1 aromatic heterocycles. The number of halogens is 1. The molecule has 0 saturated carbocycles. The highest BCUT2D eigenvalue weighted by atomic mass is 19.1. The van der Waals surface area contributed by atoms with Crippen LogP contribution in [0.5, 0.6) is 5.75 Å². The van der Waals surface area contributed by atoms with Crippen molar-refractivity contribution < 1.29 is 9.13 Å². The second-order valence-corrected chi connectivity index (χ2v) is 7.04. The van der Waals surface area contributed by atoms with Gasteiger partial charge in [0, 0.05) is 5.56 Å². The molecule has 1 aliphatic heterocycles. The van der Waals surface area contributed by atoms with Gasteiger partial charge in [0.2, 0.25) is 5.95 Å². The maximum absolute atomic E-state index is 13.4. The molecule has 4 nitrogen and oxygen atoms in total. The van der Waals surface area contributed by atoms with Gasteiger partial charge in [-0.25, -0.2) is 9.37 Å². The van der Waals surface area contributed by atoms with Crippen LogP contribution in [0.15, 0.2) is 72.8 Å². The molecule has 0 spiro atoms. The van der Waals surface area contributed by atoms with Crippen molar-refractivity contribution in [2.24, 2.45) is 0 Å². The molecule has 5 rings (SSSR count). The summed E-state index contributed by atoms with van der Waals surface area (Å²) in [7, 11) is 1.70. The first-order valence-electron chi connectivity index (χ1n) is 9.36. The lowest BCUT2D eigenvalue weighted by atomic mass is 9.92. The molecule has 0 amide bonds. The van der Waals surface area contributed by atoms with Gasteiger partial charge >= 0.3 is 0 Å². The van der Waals surface area contributed by atoms with Crippen molar-refractivity contribution in [3.05, 3.63) is 89.7 Å². The molecule has 5 heteroatoms. The third kappa shape index (κ3) is 2.71. The van der Waals surface area contributed by atoms with E-state index in [1.165, 1.54) is 12.1 Å². The van der Waals surface area contributed by atoms with E-state index in [0.717, 1.165) is 40.3 Å². The van der Waals surface area contributed by atoms with Crippen molar-refractivity contribution in [2.45, 2.75) is 18.5 Å². The van der Waals surface area contributed by atoms with E-state index in [-0.39, 0.29) is 17.9 Å². The van der Waals surface area contributed by atoms with E-state index < -0.39 is 0 Å². The third-order valence-electron chi connectivity index (χ3n) is 5.44. The van der Waals surface area contributed by atoms with Gasteiger partial charge in [-0.15, -0.1) is 0 Å². The average molecular weight is 373 g/mol. The predicted octanol–water partition coefficient (Wildman–Crippen LogP) is 5.33. The average Bonchev–Trinajstić information content (AvgIpc) is 3.12. The normalized spacial score (nSPS) is 18.5. The summed E-state index contributed by atoms with van der Waals surface area (Å²) in [5, 5.41) is 3.55. The summed E-state index contributed by atoms with van der Waals surface area (Å²) < 4.78 is 21.3. The molecule has 140 valence electrons. The number of hydrogen-bond donors (Lipinski definition) is 1. The predicted molar refractivity (Wildman–Crippen MR) is 108 cm³/mol. The highest BCUT2D eigenvalue weighted by molar-refractivity contribution is 5.79. The Morgan fingerprint density at radius 3 is 2.57 bits per heavy atom. The van der Waals surface area contributed by atoms with Crippen LogP contribution in [0.3, 0.4) is 0 Å². The van der Waals surface area contributed by atoms with E-state index >= 15 is 0 Å². The van der Waals surface area contributed by atoms with Crippen molar-refractivity contribution >= 4 is 17.0 Å². The first-order valence-corrected chi connectivity index (χ1v) is 9.36. The summed E-state index contributed by atoms with van der Waals surface area (Å²) in [5.41, 5.74) is 4.19. The van der Waals surface area contributed by atoms with Crippen LogP contribution in [0, 0.1) is 5.82 Å². The maximum atomic E-state index is 13.4. The summed E-state index contributed by atoms with van der Waals surface area (Å²) in [4.78, 5) is 4.81. The molecular weight excluding hydrogens is 353 g/mol. The number of aromatic nitrogens is 2. The highest BCUT2D eigenvalue weighted by Gasteiger charge is 2.32. The molecule has 2 atom stereocenters. The number of imidazole rings is 1. The lowest BCUT2D eigenvalue weighted by Crippen LogP contribution is -2.27. The smallest absolute Gasteiger partial charge is 0.204 e. The summed E-state index contributed by atoms with van der Waals surface area (Å²) in [6, 6.07) is 23.0. The number of methoxy groups -OCH3 is 1. The fourth-order valence-corrected chi connectivity index (χ4v) is 4.13. The number of benzene rings is 3. The Labute approximate surface area is 162 Å². The zero-order valence-electron chi connectivity index (χ0n) is 15.5. The topological polar surface area (TPSA) is 39.1 Å². The van der Waals surface area contributed by atoms with E-state index in [1.54, 1.807) is 7.11 Å². The molecule has 0 bridgehead atoms. The Kier molecular flexibility index (Phi) is 4.01. The number of para-hydroxylation sites is 3. The first-order chi connectivity index (χ1) is 13.7. The number of nitrogens with one attached hydrogen (secondary N) is 1. The van der Waals surface area contributed by atoms with E-state index in [9.17, 15) is 4.39 Å². The van der Waals surface area contributed by atoms with Gasteiger partial charge in [0.05, 0.1) is 30.2 Å². The fraction of sp³-hybridized carbons (Fsp3) is 0.174. The summed E-state index contributed by atoms with van der Waals surface area (Å²) in [6.45, 7) is 0. The minimum absolute atomic E-state index is 0.0276. The second kappa shape index (κ2) is 6.68. The number of ether oxygens (including phenoxy) is 1. The van der Waals surface area contributed by atoms with Gasteiger partial charge in [0.15, 0.2) is 0 Å². The fourth-order valence-electron chi connectivity index (χ4n) is 4.13. The molecule has 28 heavy (non-hydrogen) atoms. The van der Waals surface area contributed by atoms with Gasteiger partial charge in [-0.2, -0.15) is 0 Å². The minimum Gasteiger partial charge on any atom is -0.496 e. The Balaban J connectivity index is 1.68. The van der Waals surface area contributed by atoms with Gasteiger partial charge in [-0.3, -0.25) is 0 Å². The number of fused-ring (bicyclic) bond motifs is 3. The van der Waals surface area contributed by atoms with Gasteiger partial charge in [0.25, 0.3) is 0 Å². The molecule has 0 saturated heterocycles. The quantitative estimate of drug-likeness (QED) is 0.527. The van der Waals surface area contributed by atoms with Crippen LogP contribution in [0.2, 0.25) is 0 Å². The Hall–Kier alpha value is -3.34. The molecule has 4 aromatic rings. The molecule has 1 aliphatic rings. The van der Waals surface area contributed by atoms with Crippen LogP contribution in [0.1, 0.15) is 29.6 Å². The lowest BCUT2D eigenvalue weighted by Gasteiger charge is -2.34. The van der Waals surface area contributed by atoms with E-state index in [4.69, 9.17) is 9.72 Å². The minimum atomic E-state index is -0.229. The maximum Gasteiger partial charge on any atom is 0.204 e. The SMILES string of the molecule is COc1ccccc1[C@H]1C[C@@H](c2ccc(F)cc2)Nc2nc3ccccc3n21. The van der Waals surface area contributed by atoms with E-state index in [2.05, 4.69) is 22.0 Å². The number of anilines is 1. The standard InChI is InChI=1S/C23H20FN3O/c1-28-22-9-5-2-6-17(22)21-14-19(15-10-12-16(24)13-11-15)26-23-25-18-7-3-4-8-20(18)27(21)23/h2-13,19,21H,14H2,1H3,(H,25,26)/t19-,21+/m0/s1. The lowest BCUT2D eigenvalue weighted by molar-refractivity contribution is 0.392. The Bertz CT molecular complexity index is 1140. The van der Waals surface area contributed by atoms with Gasteiger partial charge in [-0.1, -0.05) is 42.5 Å². The van der Waals surface area contributed by atoms with E-state index in [0.29, 0.717) is 0 Å². The van der Waals surface area contributed by atoms with Gasteiger partial charge in [-0.05, 0) is 42.3 Å². The molecule has 3 aromatic carbocycles. The zero-order chi connectivity index (χ0) is 19.1. The second-order valence-electron chi connectivity index (χ2n) is 7.04. The molecule has 0 fully saturated rings. The van der Waals surface area contributed by atoms with Crippen molar-refractivity contribution in [3.63, 3.8) is 0 Å². The van der Waals surface area contributed by atoms with Gasteiger partial charge in [0.1, 0.15) is 11.6 Å². The molecule has 0 unspecified atom stereocenters. The van der Waals surface area contributed by atoms with Gasteiger partial charge < -0.3 is 14.6 Å². The Morgan fingerprint density at radius 1 is 1.00 bits per heavy atom. The first kappa shape index (κ1) is 16.8.